The second-order valence-corrected chi connectivity index (χ2v) is 8.19. The molecular weight excluding hydrogens is 348 g/mol. The Morgan fingerprint density at radius 2 is 1.85 bits per heavy atom. The number of rotatable bonds is 6. The lowest BCUT2D eigenvalue weighted by Crippen LogP contribution is -2.44. The number of halogens is 2. The van der Waals surface area contributed by atoms with Crippen molar-refractivity contribution in [1.82, 2.24) is 5.32 Å². The highest BCUT2D eigenvalue weighted by atomic mass is 19.2. The molecular formula is C22H31F2NO2. The Bertz CT molecular complexity index is 631. The summed E-state index contributed by atoms with van der Waals surface area (Å²) in [5.41, 5.74) is 0.781. The van der Waals surface area contributed by atoms with Crippen LogP contribution >= 0.6 is 0 Å². The maximum absolute atomic E-state index is 13.9. The van der Waals surface area contributed by atoms with E-state index in [0.29, 0.717) is 12.3 Å². The van der Waals surface area contributed by atoms with Crippen LogP contribution in [-0.2, 0) is 9.53 Å². The minimum atomic E-state index is -0.828. The summed E-state index contributed by atoms with van der Waals surface area (Å²) in [6, 6.07) is 4.37. The average Bonchev–Trinajstić information content (AvgIpc) is 2.69. The minimum Gasteiger partial charge on any atom is -0.469 e. The third-order valence-corrected chi connectivity index (χ3v) is 6.41. The van der Waals surface area contributed by atoms with E-state index in [-0.39, 0.29) is 23.8 Å². The molecule has 2 aliphatic carbocycles. The predicted octanol–water partition coefficient (Wildman–Crippen LogP) is 4.95. The van der Waals surface area contributed by atoms with Crippen molar-refractivity contribution in [2.24, 2.45) is 11.8 Å². The summed E-state index contributed by atoms with van der Waals surface area (Å²) < 4.78 is 32.2. The van der Waals surface area contributed by atoms with Gasteiger partial charge in [0.1, 0.15) is 0 Å². The number of esters is 1. The Morgan fingerprint density at radius 3 is 2.56 bits per heavy atom. The van der Waals surface area contributed by atoms with Gasteiger partial charge in [0.05, 0.1) is 7.11 Å². The Kier molecular flexibility index (Phi) is 7.22. The summed E-state index contributed by atoms with van der Waals surface area (Å²) in [6.45, 7) is 0.968. The van der Waals surface area contributed by atoms with Gasteiger partial charge in [-0.3, -0.25) is 4.79 Å². The van der Waals surface area contributed by atoms with Crippen LogP contribution in [0.4, 0.5) is 8.78 Å². The molecule has 2 fully saturated rings. The number of methoxy groups -OCH3 is 1. The molecule has 1 aromatic carbocycles. The Hall–Kier alpha value is -1.49. The van der Waals surface area contributed by atoms with Crippen LogP contribution in [0.2, 0.25) is 0 Å². The zero-order valence-corrected chi connectivity index (χ0v) is 16.2. The van der Waals surface area contributed by atoms with Gasteiger partial charge in [-0.2, -0.15) is 0 Å². The molecule has 0 heterocycles. The molecule has 5 heteroatoms. The van der Waals surface area contributed by atoms with E-state index >= 15 is 0 Å². The second kappa shape index (κ2) is 9.63. The summed E-state index contributed by atoms with van der Waals surface area (Å²) >= 11 is 0. The standard InChI is InChI=1S/C22H31F2NO2/c1-27-21(26)13-16-8-5-9-20(25-14-15-6-3-2-4-7-15)22(16)17-10-11-18(23)19(24)12-17/h10-12,15-16,20,22,25H,2-9,13-14H2,1H3. The van der Waals surface area contributed by atoms with Crippen LogP contribution in [0.3, 0.4) is 0 Å². The molecule has 0 aliphatic heterocycles. The smallest absolute Gasteiger partial charge is 0.305 e. The van der Waals surface area contributed by atoms with Crippen LogP contribution in [-0.4, -0.2) is 25.7 Å². The molecule has 0 radical (unpaired) electrons. The molecule has 2 saturated carbocycles. The van der Waals surface area contributed by atoms with Gasteiger partial charge in [-0.15, -0.1) is 0 Å². The SMILES string of the molecule is COC(=O)CC1CCCC(NCC2CCCCC2)C1c1ccc(F)c(F)c1. The molecule has 0 spiro atoms. The van der Waals surface area contributed by atoms with E-state index in [1.165, 1.54) is 51.3 Å². The van der Waals surface area contributed by atoms with Crippen LogP contribution in [0, 0.1) is 23.5 Å². The van der Waals surface area contributed by atoms with Gasteiger partial charge in [0.2, 0.25) is 0 Å². The lowest BCUT2D eigenvalue weighted by molar-refractivity contribution is -0.142. The fourth-order valence-corrected chi connectivity index (χ4v) is 4.98. The van der Waals surface area contributed by atoms with Crippen molar-refractivity contribution in [3.8, 4) is 0 Å². The number of hydrogen-bond donors (Lipinski definition) is 1. The Labute approximate surface area is 160 Å². The van der Waals surface area contributed by atoms with Gasteiger partial charge in [0.15, 0.2) is 11.6 Å². The number of carbonyl (C=O) groups is 1. The fourth-order valence-electron chi connectivity index (χ4n) is 4.98. The molecule has 0 saturated heterocycles. The highest BCUT2D eigenvalue weighted by molar-refractivity contribution is 5.69. The summed E-state index contributed by atoms with van der Waals surface area (Å²) in [7, 11) is 1.40. The van der Waals surface area contributed by atoms with Crippen molar-refractivity contribution in [3.63, 3.8) is 0 Å². The monoisotopic (exact) mass is 379 g/mol. The van der Waals surface area contributed by atoms with Crippen LogP contribution in [0.15, 0.2) is 18.2 Å². The molecule has 27 heavy (non-hydrogen) atoms. The van der Waals surface area contributed by atoms with Crippen molar-refractivity contribution in [3.05, 3.63) is 35.4 Å². The first-order valence-corrected chi connectivity index (χ1v) is 10.3. The molecule has 3 nitrogen and oxygen atoms in total. The van der Waals surface area contributed by atoms with E-state index in [1.807, 2.05) is 0 Å². The number of hydrogen-bond acceptors (Lipinski definition) is 3. The first-order valence-electron chi connectivity index (χ1n) is 10.3. The topological polar surface area (TPSA) is 38.3 Å². The summed E-state index contributed by atoms with van der Waals surface area (Å²) in [5, 5.41) is 3.73. The summed E-state index contributed by atoms with van der Waals surface area (Å²) in [5.74, 6) is -1.10. The van der Waals surface area contributed by atoms with E-state index in [1.54, 1.807) is 6.07 Å². The van der Waals surface area contributed by atoms with E-state index in [0.717, 1.165) is 31.4 Å². The molecule has 3 atom stereocenters. The molecule has 3 rings (SSSR count). The van der Waals surface area contributed by atoms with Crippen LogP contribution in [0.25, 0.3) is 0 Å². The largest absolute Gasteiger partial charge is 0.469 e. The number of nitrogens with one attached hydrogen (secondary N) is 1. The molecule has 0 bridgehead atoms. The maximum atomic E-state index is 13.9. The van der Waals surface area contributed by atoms with Crippen molar-refractivity contribution in [1.29, 1.82) is 0 Å². The molecule has 3 unspecified atom stereocenters. The fraction of sp³-hybridized carbons (Fsp3) is 0.682. The molecule has 0 amide bonds. The van der Waals surface area contributed by atoms with Gasteiger partial charge in [-0.05, 0) is 61.8 Å². The number of ether oxygens (including phenoxy) is 1. The van der Waals surface area contributed by atoms with E-state index in [4.69, 9.17) is 4.74 Å². The molecule has 150 valence electrons. The van der Waals surface area contributed by atoms with Gasteiger partial charge in [0, 0.05) is 18.4 Å². The third-order valence-electron chi connectivity index (χ3n) is 6.41. The quantitative estimate of drug-likeness (QED) is 0.711. The van der Waals surface area contributed by atoms with Crippen LogP contribution in [0.1, 0.15) is 69.3 Å². The van der Waals surface area contributed by atoms with Crippen molar-refractivity contribution in [2.45, 2.75) is 69.7 Å². The lowest BCUT2D eigenvalue weighted by atomic mass is 9.70. The Balaban J connectivity index is 1.77. The molecule has 1 aromatic rings. The van der Waals surface area contributed by atoms with Gasteiger partial charge in [-0.25, -0.2) is 8.78 Å². The molecule has 0 aromatic heterocycles. The van der Waals surface area contributed by atoms with Crippen molar-refractivity contribution >= 4 is 5.97 Å². The van der Waals surface area contributed by atoms with E-state index < -0.39 is 11.6 Å². The normalized spacial score (nSPS) is 26.7. The Morgan fingerprint density at radius 1 is 1.07 bits per heavy atom. The minimum absolute atomic E-state index is 0.00320. The number of benzene rings is 1. The van der Waals surface area contributed by atoms with Gasteiger partial charge in [0.25, 0.3) is 0 Å². The average molecular weight is 379 g/mol. The van der Waals surface area contributed by atoms with E-state index in [2.05, 4.69) is 5.32 Å². The van der Waals surface area contributed by atoms with Gasteiger partial charge < -0.3 is 10.1 Å². The summed E-state index contributed by atoms with van der Waals surface area (Å²) in [4.78, 5) is 11.9. The second-order valence-electron chi connectivity index (χ2n) is 8.19. The predicted molar refractivity (Wildman–Crippen MR) is 101 cm³/mol. The van der Waals surface area contributed by atoms with Crippen LogP contribution < -0.4 is 5.32 Å². The van der Waals surface area contributed by atoms with Gasteiger partial charge >= 0.3 is 5.97 Å². The third kappa shape index (κ3) is 5.28. The highest BCUT2D eigenvalue weighted by Gasteiger charge is 2.36. The highest BCUT2D eigenvalue weighted by Crippen LogP contribution is 2.40. The number of carbonyl (C=O) groups excluding carboxylic acids is 1. The van der Waals surface area contributed by atoms with E-state index in [9.17, 15) is 13.6 Å². The zero-order chi connectivity index (χ0) is 19.2. The summed E-state index contributed by atoms with van der Waals surface area (Å²) in [6.07, 6.45) is 9.71. The maximum Gasteiger partial charge on any atom is 0.305 e. The van der Waals surface area contributed by atoms with Crippen molar-refractivity contribution < 1.29 is 18.3 Å². The zero-order valence-electron chi connectivity index (χ0n) is 16.2. The van der Waals surface area contributed by atoms with Gasteiger partial charge in [-0.1, -0.05) is 31.7 Å². The first-order chi connectivity index (χ1) is 13.1. The van der Waals surface area contributed by atoms with Crippen molar-refractivity contribution in [2.75, 3.05) is 13.7 Å². The van der Waals surface area contributed by atoms with Crippen LogP contribution in [0.5, 0.6) is 0 Å². The first kappa shape index (κ1) is 20.2. The molecule has 2 aliphatic rings. The lowest BCUT2D eigenvalue weighted by Gasteiger charge is -2.40. The molecule has 1 N–H and O–H groups in total.